The van der Waals surface area contributed by atoms with Crippen LogP contribution in [0.1, 0.15) is 19.4 Å². The maximum atomic E-state index is 5.40. The van der Waals surface area contributed by atoms with Gasteiger partial charge in [-0.05, 0) is 37.0 Å². The molecule has 25 heavy (non-hydrogen) atoms. The number of hydrogen-bond acceptors (Lipinski definition) is 5. The third-order valence-electron chi connectivity index (χ3n) is 5.13. The van der Waals surface area contributed by atoms with Gasteiger partial charge in [-0.25, -0.2) is 5.06 Å². The number of benzene rings is 1. The number of allylic oxidation sites excluding steroid dienone is 2. The maximum Gasteiger partial charge on any atom is 0.137 e. The molecule has 130 valence electrons. The van der Waals surface area contributed by atoms with Crippen LogP contribution in [0.25, 0.3) is 0 Å². The Kier molecular flexibility index (Phi) is 4.09. The number of fused-ring (bicyclic) bond motifs is 2. The third kappa shape index (κ3) is 2.85. The van der Waals surface area contributed by atoms with Crippen LogP contribution in [0.3, 0.4) is 0 Å². The highest BCUT2D eigenvalue weighted by Gasteiger charge is 2.34. The largest absolute Gasteiger partial charge is 0.352 e. The Morgan fingerprint density at radius 2 is 1.96 bits per heavy atom. The molecular formula is C20H24N4O. The van der Waals surface area contributed by atoms with Crippen molar-refractivity contribution in [1.29, 1.82) is 0 Å². The second-order valence-corrected chi connectivity index (χ2v) is 6.72. The molecule has 3 aliphatic heterocycles. The Hall–Kier alpha value is -2.53. The third-order valence-corrected chi connectivity index (χ3v) is 5.13. The molecule has 0 aromatic heterocycles. The fraction of sp³-hybridized carbons (Fsp3) is 0.350. The molecule has 0 radical (unpaired) electrons. The minimum absolute atomic E-state index is 0.699. The Balaban J connectivity index is 1.63. The minimum atomic E-state index is 0.699. The normalized spacial score (nSPS) is 19.5. The van der Waals surface area contributed by atoms with E-state index in [1.54, 1.807) is 7.11 Å². The summed E-state index contributed by atoms with van der Waals surface area (Å²) in [5.41, 5.74) is 6.21. The Morgan fingerprint density at radius 1 is 1.16 bits per heavy atom. The van der Waals surface area contributed by atoms with Gasteiger partial charge in [0.05, 0.1) is 25.2 Å². The van der Waals surface area contributed by atoms with Crippen LogP contribution in [0.2, 0.25) is 0 Å². The quantitative estimate of drug-likeness (QED) is 0.845. The second kappa shape index (κ2) is 6.41. The summed E-state index contributed by atoms with van der Waals surface area (Å²) in [5, 5.41) is 1.84. The highest BCUT2D eigenvalue weighted by atomic mass is 16.7. The molecule has 0 saturated heterocycles. The average Bonchev–Trinajstić information content (AvgIpc) is 3.07. The van der Waals surface area contributed by atoms with Crippen molar-refractivity contribution in [2.24, 2.45) is 4.99 Å². The van der Waals surface area contributed by atoms with E-state index in [-0.39, 0.29) is 0 Å². The van der Waals surface area contributed by atoms with Gasteiger partial charge in [-0.2, -0.15) is 0 Å². The fourth-order valence-electron chi connectivity index (χ4n) is 3.56. The van der Waals surface area contributed by atoms with Crippen molar-refractivity contribution in [1.82, 2.24) is 14.9 Å². The molecule has 3 aliphatic rings. The van der Waals surface area contributed by atoms with Crippen molar-refractivity contribution in [3.8, 4) is 0 Å². The van der Waals surface area contributed by atoms with Crippen molar-refractivity contribution in [3.05, 3.63) is 70.5 Å². The summed E-state index contributed by atoms with van der Waals surface area (Å²) in [6, 6.07) is 10.7. The van der Waals surface area contributed by atoms with E-state index < -0.39 is 0 Å². The van der Waals surface area contributed by atoms with Gasteiger partial charge in [0.1, 0.15) is 18.2 Å². The molecule has 0 atom stereocenters. The van der Waals surface area contributed by atoms with Crippen LogP contribution in [0.4, 0.5) is 0 Å². The Labute approximate surface area is 149 Å². The molecule has 3 heterocycles. The van der Waals surface area contributed by atoms with E-state index in [1.165, 1.54) is 22.5 Å². The zero-order valence-corrected chi connectivity index (χ0v) is 15.1. The molecule has 0 N–H and O–H groups in total. The molecule has 0 bridgehead atoms. The smallest absolute Gasteiger partial charge is 0.137 e. The van der Waals surface area contributed by atoms with Crippen LogP contribution in [0.5, 0.6) is 0 Å². The first kappa shape index (κ1) is 16.0. The predicted octanol–water partition coefficient (Wildman–Crippen LogP) is 3.11. The van der Waals surface area contributed by atoms with Crippen LogP contribution >= 0.6 is 0 Å². The molecule has 4 rings (SSSR count). The molecule has 5 heteroatoms. The van der Waals surface area contributed by atoms with Crippen molar-refractivity contribution in [2.45, 2.75) is 20.3 Å². The van der Waals surface area contributed by atoms with Crippen LogP contribution in [0, 0.1) is 0 Å². The van der Waals surface area contributed by atoms with Crippen molar-refractivity contribution in [2.75, 3.05) is 26.9 Å². The zero-order valence-electron chi connectivity index (χ0n) is 15.1. The summed E-state index contributed by atoms with van der Waals surface area (Å²) in [6.07, 6.45) is 4.97. The van der Waals surface area contributed by atoms with E-state index in [2.05, 4.69) is 54.0 Å². The van der Waals surface area contributed by atoms with Gasteiger partial charge in [0.2, 0.25) is 0 Å². The minimum Gasteiger partial charge on any atom is -0.352 e. The van der Waals surface area contributed by atoms with Gasteiger partial charge in [-0.15, -0.1) is 0 Å². The molecule has 0 fully saturated rings. The highest BCUT2D eigenvalue weighted by Crippen LogP contribution is 2.36. The molecule has 1 aromatic rings. The summed E-state index contributed by atoms with van der Waals surface area (Å²) in [6.45, 7) is 7.00. The summed E-state index contributed by atoms with van der Waals surface area (Å²) < 4.78 is 0. The topological polar surface area (TPSA) is 31.3 Å². The predicted molar refractivity (Wildman–Crippen MR) is 99.2 cm³/mol. The van der Waals surface area contributed by atoms with Gasteiger partial charge in [-0.1, -0.05) is 30.3 Å². The molecule has 5 nitrogen and oxygen atoms in total. The van der Waals surface area contributed by atoms with Crippen LogP contribution < -0.4 is 0 Å². The molecular weight excluding hydrogens is 312 g/mol. The highest BCUT2D eigenvalue weighted by molar-refractivity contribution is 5.82. The number of hydrogen-bond donors (Lipinski definition) is 0. The van der Waals surface area contributed by atoms with Gasteiger partial charge in [-0.3, -0.25) is 9.83 Å². The number of nitrogens with zero attached hydrogens (tertiary/aromatic N) is 4. The molecule has 0 saturated carbocycles. The standard InChI is InChI=1S/C20H24N4O/c1-15-12-22(10-9-17-7-5-4-6-8-17)20-19(16(15)2)21-11-18-13-23(25-3)14-24(18)20/h4-8,11,13H,9-10,12,14H2,1-3H3. The first-order valence-electron chi connectivity index (χ1n) is 8.71. The Bertz CT molecular complexity index is 791. The molecule has 0 spiro atoms. The number of hydroxylamine groups is 2. The first-order valence-corrected chi connectivity index (χ1v) is 8.71. The van der Waals surface area contributed by atoms with Gasteiger partial charge in [0.15, 0.2) is 0 Å². The van der Waals surface area contributed by atoms with E-state index >= 15 is 0 Å². The second-order valence-electron chi connectivity index (χ2n) is 6.72. The zero-order chi connectivity index (χ0) is 17.4. The SMILES string of the molecule is CON1C=C2C=NC3=C(N(CCc4ccccc4)CC(C)=C3C)N2C1. The van der Waals surface area contributed by atoms with Crippen molar-refractivity contribution in [3.63, 3.8) is 0 Å². The summed E-state index contributed by atoms with van der Waals surface area (Å²) in [5.74, 6) is 1.20. The van der Waals surface area contributed by atoms with E-state index in [1.807, 2.05) is 17.5 Å². The number of aliphatic imine (C=N–C) groups is 1. The van der Waals surface area contributed by atoms with Crippen molar-refractivity contribution < 1.29 is 4.84 Å². The fourth-order valence-corrected chi connectivity index (χ4v) is 3.56. The van der Waals surface area contributed by atoms with Gasteiger partial charge < -0.3 is 9.80 Å². The maximum absolute atomic E-state index is 5.40. The summed E-state index contributed by atoms with van der Waals surface area (Å²) >= 11 is 0. The van der Waals surface area contributed by atoms with Crippen LogP contribution in [-0.4, -0.2) is 47.9 Å². The van der Waals surface area contributed by atoms with E-state index in [4.69, 9.17) is 9.83 Å². The molecule has 1 aromatic carbocycles. The summed E-state index contributed by atoms with van der Waals surface area (Å²) in [7, 11) is 1.70. The summed E-state index contributed by atoms with van der Waals surface area (Å²) in [4.78, 5) is 14.9. The van der Waals surface area contributed by atoms with Gasteiger partial charge >= 0.3 is 0 Å². The molecule has 0 amide bonds. The molecule has 0 unspecified atom stereocenters. The lowest BCUT2D eigenvalue weighted by Crippen LogP contribution is -2.42. The lowest BCUT2D eigenvalue weighted by atomic mass is 10.0. The average molecular weight is 336 g/mol. The molecule has 0 aliphatic carbocycles. The lowest BCUT2D eigenvalue weighted by molar-refractivity contribution is -0.0971. The van der Waals surface area contributed by atoms with Gasteiger partial charge in [0.25, 0.3) is 0 Å². The van der Waals surface area contributed by atoms with Crippen LogP contribution in [0.15, 0.2) is 69.9 Å². The van der Waals surface area contributed by atoms with Crippen molar-refractivity contribution >= 4 is 6.21 Å². The van der Waals surface area contributed by atoms with E-state index in [9.17, 15) is 0 Å². The monoisotopic (exact) mass is 336 g/mol. The van der Waals surface area contributed by atoms with E-state index in [0.717, 1.165) is 30.9 Å². The Morgan fingerprint density at radius 3 is 2.72 bits per heavy atom. The van der Waals surface area contributed by atoms with Crippen LogP contribution in [-0.2, 0) is 11.3 Å². The lowest BCUT2D eigenvalue weighted by Gasteiger charge is -2.40. The van der Waals surface area contributed by atoms with Gasteiger partial charge in [0, 0.05) is 13.1 Å². The van der Waals surface area contributed by atoms with E-state index in [0.29, 0.717) is 6.67 Å². The first-order chi connectivity index (χ1) is 12.2. The number of rotatable bonds is 4.